The van der Waals surface area contributed by atoms with Crippen LogP contribution < -0.4 is 5.32 Å². The van der Waals surface area contributed by atoms with Crippen LogP contribution in [0.25, 0.3) is 11.0 Å². The Kier molecular flexibility index (Phi) is 5.07. The van der Waals surface area contributed by atoms with E-state index < -0.39 is 0 Å². The monoisotopic (exact) mass is 378 g/mol. The minimum absolute atomic E-state index is 0.0247. The Morgan fingerprint density at radius 3 is 2.83 bits per heavy atom. The lowest BCUT2D eigenvalue weighted by molar-refractivity contribution is 0.0659. The summed E-state index contributed by atoms with van der Waals surface area (Å²) in [6.07, 6.45) is 2.12. The molecule has 0 radical (unpaired) electrons. The van der Waals surface area contributed by atoms with Gasteiger partial charge in [-0.25, -0.2) is 0 Å². The van der Waals surface area contributed by atoms with Gasteiger partial charge in [-0.3, -0.25) is 4.79 Å². The Morgan fingerprint density at radius 2 is 2.13 bits per heavy atom. The van der Waals surface area contributed by atoms with Crippen LogP contribution in [-0.4, -0.2) is 37.0 Å². The molecule has 1 aliphatic heterocycles. The van der Waals surface area contributed by atoms with E-state index in [1.54, 1.807) is 0 Å². The molecule has 1 aromatic heterocycles. The minimum atomic E-state index is 0.0247. The minimum Gasteiger partial charge on any atom is -0.451 e. The van der Waals surface area contributed by atoms with Gasteiger partial charge in [-0.05, 0) is 57.0 Å². The van der Waals surface area contributed by atoms with Crippen LogP contribution >= 0.6 is 15.9 Å². The molecule has 0 saturated carbocycles. The van der Waals surface area contributed by atoms with E-state index in [2.05, 4.69) is 28.2 Å². The number of furan rings is 1. The van der Waals surface area contributed by atoms with Crippen molar-refractivity contribution in [3.8, 4) is 0 Å². The van der Waals surface area contributed by atoms with E-state index in [1.807, 2.05) is 30.0 Å². The lowest BCUT2D eigenvalue weighted by Crippen LogP contribution is -2.40. The van der Waals surface area contributed by atoms with E-state index in [1.165, 1.54) is 0 Å². The van der Waals surface area contributed by atoms with Gasteiger partial charge in [-0.2, -0.15) is 0 Å². The lowest BCUT2D eigenvalue weighted by Gasteiger charge is -2.31. The van der Waals surface area contributed by atoms with Gasteiger partial charge in [-0.15, -0.1) is 0 Å². The fourth-order valence-corrected chi connectivity index (χ4v) is 3.59. The summed E-state index contributed by atoms with van der Waals surface area (Å²) in [5.74, 6) is 1.19. The number of nitrogens with one attached hydrogen (secondary N) is 1. The van der Waals surface area contributed by atoms with Crippen molar-refractivity contribution in [3.63, 3.8) is 0 Å². The molecular weight excluding hydrogens is 356 g/mol. The maximum atomic E-state index is 12.8. The van der Waals surface area contributed by atoms with Crippen molar-refractivity contribution >= 4 is 32.8 Å². The summed E-state index contributed by atoms with van der Waals surface area (Å²) in [5, 5.41) is 4.40. The number of rotatable bonds is 4. The first-order valence-electron chi connectivity index (χ1n) is 8.28. The predicted molar refractivity (Wildman–Crippen MR) is 95.8 cm³/mol. The Morgan fingerprint density at radius 1 is 1.39 bits per heavy atom. The number of aryl methyl sites for hydroxylation is 1. The van der Waals surface area contributed by atoms with Crippen molar-refractivity contribution < 1.29 is 9.21 Å². The fourth-order valence-electron chi connectivity index (χ4n) is 3.23. The van der Waals surface area contributed by atoms with Gasteiger partial charge in [-0.1, -0.05) is 22.9 Å². The van der Waals surface area contributed by atoms with Crippen LogP contribution in [0.15, 0.2) is 27.1 Å². The summed E-state index contributed by atoms with van der Waals surface area (Å²) in [6, 6.07) is 5.85. The van der Waals surface area contributed by atoms with E-state index in [9.17, 15) is 4.79 Å². The predicted octanol–water partition coefficient (Wildman–Crippen LogP) is 3.97. The van der Waals surface area contributed by atoms with Crippen LogP contribution in [0.1, 0.15) is 35.9 Å². The standard InChI is InChI=1S/C18H23BrN2O2/c1-3-20-11-13-6-8-21(9-7-13)18(22)17-12(2)15-10-14(19)4-5-16(15)23-17/h4-5,10,13,20H,3,6-9,11H2,1-2H3. The van der Waals surface area contributed by atoms with Gasteiger partial charge in [0.2, 0.25) is 0 Å². The summed E-state index contributed by atoms with van der Waals surface area (Å²) in [4.78, 5) is 14.7. The highest BCUT2D eigenvalue weighted by Crippen LogP contribution is 2.29. The van der Waals surface area contributed by atoms with Gasteiger partial charge in [0, 0.05) is 28.5 Å². The zero-order valence-electron chi connectivity index (χ0n) is 13.7. The largest absolute Gasteiger partial charge is 0.451 e. The van der Waals surface area contributed by atoms with Crippen LogP contribution in [0.4, 0.5) is 0 Å². The summed E-state index contributed by atoms with van der Waals surface area (Å²) in [6.45, 7) is 7.78. The molecule has 124 valence electrons. The number of hydrogen-bond acceptors (Lipinski definition) is 3. The smallest absolute Gasteiger partial charge is 0.289 e. The van der Waals surface area contributed by atoms with E-state index in [-0.39, 0.29) is 5.91 Å². The number of halogens is 1. The molecule has 1 aliphatic rings. The Hall–Kier alpha value is -1.33. The van der Waals surface area contributed by atoms with Crippen LogP contribution in [0.5, 0.6) is 0 Å². The summed E-state index contributed by atoms with van der Waals surface area (Å²) >= 11 is 3.47. The van der Waals surface area contributed by atoms with E-state index >= 15 is 0 Å². The lowest BCUT2D eigenvalue weighted by atomic mass is 9.96. The van der Waals surface area contributed by atoms with Crippen LogP contribution in [0.3, 0.4) is 0 Å². The third-order valence-electron chi connectivity index (χ3n) is 4.68. The van der Waals surface area contributed by atoms with Crippen LogP contribution in [0, 0.1) is 12.8 Å². The van der Waals surface area contributed by atoms with Crippen LogP contribution in [-0.2, 0) is 0 Å². The van der Waals surface area contributed by atoms with Gasteiger partial charge in [0.15, 0.2) is 5.76 Å². The first-order valence-corrected chi connectivity index (χ1v) is 9.08. The number of amides is 1. The highest BCUT2D eigenvalue weighted by molar-refractivity contribution is 9.10. The van der Waals surface area contributed by atoms with Crippen molar-refractivity contribution in [3.05, 3.63) is 34.0 Å². The zero-order valence-corrected chi connectivity index (χ0v) is 15.3. The van der Waals surface area contributed by atoms with Crippen molar-refractivity contribution in [2.75, 3.05) is 26.2 Å². The normalized spacial score (nSPS) is 16.2. The van der Waals surface area contributed by atoms with Crippen molar-refractivity contribution in [2.24, 2.45) is 5.92 Å². The molecule has 0 bridgehead atoms. The van der Waals surface area contributed by atoms with Crippen LogP contribution in [0.2, 0.25) is 0 Å². The highest BCUT2D eigenvalue weighted by Gasteiger charge is 2.27. The molecule has 0 spiro atoms. The van der Waals surface area contributed by atoms with Crippen molar-refractivity contribution in [2.45, 2.75) is 26.7 Å². The molecule has 0 aliphatic carbocycles. The molecule has 23 heavy (non-hydrogen) atoms. The number of likely N-dealkylation sites (tertiary alicyclic amines) is 1. The van der Waals surface area contributed by atoms with Gasteiger partial charge in [0.1, 0.15) is 5.58 Å². The van der Waals surface area contributed by atoms with Gasteiger partial charge in [0.05, 0.1) is 0 Å². The van der Waals surface area contributed by atoms with E-state index in [4.69, 9.17) is 4.42 Å². The number of fused-ring (bicyclic) bond motifs is 1. The molecular formula is C18H23BrN2O2. The first-order chi connectivity index (χ1) is 11.1. The Bertz CT molecular complexity index is 702. The topological polar surface area (TPSA) is 45.5 Å². The maximum Gasteiger partial charge on any atom is 0.289 e. The molecule has 1 fully saturated rings. The second-order valence-electron chi connectivity index (χ2n) is 6.24. The summed E-state index contributed by atoms with van der Waals surface area (Å²) in [7, 11) is 0. The Balaban J connectivity index is 1.73. The molecule has 0 unspecified atom stereocenters. The average molecular weight is 379 g/mol. The maximum absolute atomic E-state index is 12.8. The summed E-state index contributed by atoms with van der Waals surface area (Å²) in [5.41, 5.74) is 1.71. The molecule has 0 atom stereocenters. The fraction of sp³-hybridized carbons (Fsp3) is 0.500. The quantitative estimate of drug-likeness (QED) is 0.875. The van der Waals surface area contributed by atoms with Gasteiger partial charge in [0.25, 0.3) is 5.91 Å². The number of piperidine rings is 1. The van der Waals surface area contributed by atoms with Gasteiger partial charge < -0.3 is 14.6 Å². The molecule has 1 saturated heterocycles. The van der Waals surface area contributed by atoms with E-state index in [0.29, 0.717) is 11.7 Å². The van der Waals surface area contributed by atoms with Crippen molar-refractivity contribution in [1.82, 2.24) is 10.2 Å². The third kappa shape index (κ3) is 3.45. The number of carbonyl (C=O) groups excluding carboxylic acids is 1. The van der Waals surface area contributed by atoms with Gasteiger partial charge >= 0.3 is 0 Å². The SMILES string of the molecule is CCNCC1CCN(C(=O)c2oc3ccc(Br)cc3c2C)CC1. The average Bonchev–Trinajstić information content (AvgIpc) is 2.89. The molecule has 5 heteroatoms. The molecule has 4 nitrogen and oxygen atoms in total. The summed E-state index contributed by atoms with van der Waals surface area (Å²) < 4.78 is 6.83. The molecule has 2 heterocycles. The Labute approximate surface area is 145 Å². The van der Waals surface area contributed by atoms with Crippen molar-refractivity contribution in [1.29, 1.82) is 0 Å². The zero-order chi connectivity index (χ0) is 16.4. The number of hydrogen-bond donors (Lipinski definition) is 1. The number of benzene rings is 1. The highest BCUT2D eigenvalue weighted by atomic mass is 79.9. The first kappa shape index (κ1) is 16.5. The molecule has 1 amide bonds. The second-order valence-corrected chi connectivity index (χ2v) is 7.16. The number of carbonyl (C=O) groups is 1. The molecule has 2 aromatic rings. The molecule has 3 rings (SSSR count). The number of nitrogens with zero attached hydrogens (tertiary/aromatic N) is 1. The third-order valence-corrected chi connectivity index (χ3v) is 5.17. The molecule has 1 aromatic carbocycles. The van der Waals surface area contributed by atoms with E-state index in [0.717, 1.165) is 60.0 Å². The second kappa shape index (κ2) is 7.05. The molecule has 1 N–H and O–H groups in total.